The van der Waals surface area contributed by atoms with Crippen LogP contribution < -0.4 is 5.32 Å². The first-order valence-corrected chi connectivity index (χ1v) is 6.56. The monoisotopic (exact) mass is 211 g/mol. The van der Waals surface area contributed by atoms with Crippen molar-refractivity contribution < 1.29 is 0 Å². The maximum absolute atomic E-state index is 3.84. The molecule has 0 aromatic carbocycles. The molecule has 15 heavy (non-hydrogen) atoms. The molecule has 1 aliphatic rings. The minimum Gasteiger partial charge on any atom is -0.311 e. The van der Waals surface area contributed by atoms with E-state index in [0.29, 0.717) is 11.5 Å². The Balaban J connectivity index is 2.49. The molecule has 1 rings (SSSR count). The van der Waals surface area contributed by atoms with Gasteiger partial charge < -0.3 is 5.32 Å². The highest BCUT2D eigenvalue weighted by Crippen LogP contribution is 2.30. The summed E-state index contributed by atoms with van der Waals surface area (Å²) in [6, 6.07) is 1.35. The van der Waals surface area contributed by atoms with Gasteiger partial charge in [-0.3, -0.25) is 0 Å². The predicted molar refractivity (Wildman–Crippen MR) is 68.0 cm³/mol. The Morgan fingerprint density at radius 3 is 2.27 bits per heavy atom. The van der Waals surface area contributed by atoms with Crippen LogP contribution >= 0.6 is 0 Å². The van der Waals surface area contributed by atoms with Crippen molar-refractivity contribution in [2.45, 2.75) is 72.9 Å². The Labute approximate surface area is 96.0 Å². The van der Waals surface area contributed by atoms with E-state index in [1.165, 1.54) is 19.3 Å². The third-order valence-corrected chi connectivity index (χ3v) is 4.22. The Morgan fingerprint density at radius 1 is 1.13 bits per heavy atom. The van der Waals surface area contributed by atoms with Crippen LogP contribution in [0.4, 0.5) is 0 Å². The zero-order valence-corrected chi connectivity index (χ0v) is 11.4. The van der Waals surface area contributed by atoms with Gasteiger partial charge in [-0.05, 0) is 37.0 Å². The first-order chi connectivity index (χ1) is 6.80. The number of rotatable bonds is 2. The highest BCUT2D eigenvalue weighted by atomic mass is 15.0. The molecular weight excluding hydrogens is 182 g/mol. The molecule has 4 unspecified atom stereocenters. The fourth-order valence-corrected chi connectivity index (χ4v) is 2.34. The van der Waals surface area contributed by atoms with Crippen LogP contribution in [0.15, 0.2) is 0 Å². The molecule has 0 amide bonds. The first-order valence-electron chi connectivity index (χ1n) is 6.56. The van der Waals surface area contributed by atoms with Crippen molar-refractivity contribution >= 4 is 0 Å². The summed E-state index contributed by atoms with van der Waals surface area (Å²) in [5.74, 6) is 1.76. The van der Waals surface area contributed by atoms with E-state index in [1.807, 2.05) is 0 Å². The van der Waals surface area contributed by atoms with Gasteiger partial charge in [-0.1, -0.05) is 41.0 Å². The summed E-state index contributed by atoms with van der Waals surface area (Å²) in [5.41, 5.74) is 0.375. The summed E-state index contributed by atoms with van der Waals surface area (Å²) >= 11 is 0. The number of hydrogen-bond donors (Lipinski definition) is 1. The molecular formula is C14H29N. The van der Waals surface area contributed by atoms with Crippen LogP contribution in [-0.4, -0.2) is 12.1 Å². The van der Waals surface area contributed by atoms with Crippen LogP contribution in [0, 0.1) is 17.3 Å². The molecule has 0 aliphatic heterocycles. The average molecular weight is 211 g/mol. The van der Waals surface area contributed by atoms with Gasteiger partial charge in [0.15, 0.2) is 0 Å². The molecule has 4 atom stereocenters. The maximum Gasteiger partial charge on any atom is 0.00979 e. The fraction of sp³-hybridized carbons (Fsp3) is 1.00. The smallest absolute Gasteiger partial charge is 0.00979 e. The first kappa shape index (κ1) is 13.0. The molecule has 0 saturated heterocycles. The largest absolute Gasteiger partial charge is 0.311 e. The van der Waals surface area contributed by atoms with Gasteiger partial charge in [-0.25, -0.2) is 0 Å². The number of nitrogens with one attached hydrogen (secondary N) is 1. The Hall–Kier alpha value is -0.0400. The predicted octanol–water partition coefficient (Wildman–Crippen LogP) is 3.84. The lowest BCUT2D eigenvalue weighted by molar-refractivity contribution is 0.176. The van der Waals surface area contributed by atoms with Gasteiger partial charge in [0.2, 0.25) is 0 Å². The second-order valence-corrected chi connectivity index (χ2v) is 6.76. The third-order valence-electron chi connectivity index (χ3n) is 4.22. The molecule has 0 radical (unpaired) electrons. The second kappa shape index (κ2) is 4.86. The average Bonchev–Trinajstić information content (AvgIpc) is 2.09. The van der Waals surface area contributed by atoms with E-state index in [1.54, 1.807) is 0 Å². The summed E-state index contributed by atoms with van der Waals surface area (Å²) in [7, 11) is 0. The molecule has 0 aromatic heterocycles. The molecule has 1 nitrogen and oxygen atoms in total. The van der Waals surface area contributed by atoms with Gasteiger partial charge in [0, 0.05) is 12.1 Å². The lowest BCUT2D eigenvalue weighted by atomic mass is 9.78. The van der Waals surface area contributed by atoms with Gasteiger partial charge in [0.25, 0.3) is 0 Å². The van der Waals surface area contributed by atoms with Crippen LogP contribution in [0.2, 0.25) is 0 Å². The van der Waals surface area contributed by atoms with Crippen LogP contribution in [0.3, 0.4) is 0 Å². The maximum atomic E-state index is 3.84. The van der Waals surface area contributed by atoms with E-state index < -0.39 is 0 Å². The molecule has 0 heterocycles. The van der Waals surface area contributed by atoms with E-state index in [2.05, 4.69) is 46.9 Å². The Bertz CT molecular complexity index is 192. The van der Waals surface area contributed by atoms with Crippen molar-refractivity contribution in [3.05, 3.63) is 0 Å². The van der Waals surface area contributed by atoms with Crippen LogP contribution in [0.1, 0.15) is 60.8 Å². The van der Waals surface area contributed by atoms with Crippen molar-refractivity contribution in [1.82, 2.24) is 5.32 Å². The summed E-state index contributed by atoms with van der Waals surface area (Å²) < 4.78 is 0. The zero-order valence-electron chi connectivity index (χ0n) is 11.4. The minimum absolute atomic E-state index is 0.375. The van der Waals surface area contributed by atoms with Gasteiger partial charge >= 0.3 is 0 Å². The van der Waals surface area contributed by atoms with E-state index in [-0.39, 0.29) is 0 Å². The van der Waals surface area contributed by atoms with Crippen molar-refractivity contribution in [2.75, 3.05) is 0 Å². The quantitative estimate of drug-likeness (QED) is 0.732. The van der Waals surface area contributed by atoms with Crippen molar-refractivity contribution in [2.24, 2.45) is 17.3 Å². The Kier molecular flexibility index (Phi) is 4.22. The molecule has 1 N–H and O–H groups in total. The normalized spacial score (nSPS) is 35.2. The molecule has 1 fully saturated rings. The van der Waals surface area contributed by atoms with Crippen molar-refractivity contribution in [3.63, 3.8) is 0 Å². The second-order valence-electron chi connectivity index (χ2n) is 6.76. The molecule has 0 aromatic rings. The molecule has 1 aliphatic carbocycles. The zero-order chi connectivity index (χ0) is 11.6. The van der Waals surface area contributed by atoms with Gasteiger partial charge in [-0.15, -0.1) is 0 Å². The molecule has 1 saturated carbocycles. The minimum atomic E-state index is 0.375. The van der Waals surface area contributed by atoms with Crippen molar-refractivity contribution in [3.8, 4) is 0 Å². The fourth-order valence-electron chi connectivity index (χ4n) is 2.34. The Morgan fingerprint density at radius 2 is 1.73 bits per heavy atom. The van der Waals surface area contributed by atoms with Gasteiger partial charge in [0.1, 0.15) is 0 Å². The molecule has 90 valence electrons. The standard InChI is InChI=1S/C14H29N/c1-10-7-8-11(2)13(9-10)15-12(3)14(4,5)6/h10-13,15H,7-9H2,1-6H3. The third kappa shape index (κ3) is 3.79. The van der Waals surface area contributed by atoms with Crippen LogP contribution in [0.25, 0.3) is 0 Å². The summed E-state index contributed by atoms with van der Waals surface area (Å²) in [5, 5.41) is 3.84. The van der Waals surface area contributed by atoms with Crippen molar-refractivity contribution in [1.29, 1.82) is 0 Å². The highest BCUT2D eigenvalue weighted by Gasteiger charge is 2.29. The summed E-state index contributed by atoms with van der Waals surface area (Å²) in [6.45, 7) is 14.1. The molecule has 0 spiro atoms. The van der Waals surface area contributed by atoms with E-state index in [0.717, 1.165) is 17.9 Å². The van der Waals surface area contributed by atoms with E-state index in [9.17, 15) is 0 Å². The van der Waals surface area contributed by atoms with Gasteiger partial charge in [-0.2, -0.15) is 0 Å². The topological polar surface area (TPSA) is 12.0 Å². The number of hydrogen-bond acceptors (Lipinski definition) is 1. The molecule has 1 heteroatoms. The van der Waals surface area contributed by atoms with E-state index in [4.69, 9.17) is 0 Å². The SMILES string of the molecule is CC1CCC(C)C(NC(C)C(C)(C)C)C1. The highest BCUT2D eigenvalue weighted by molar-refractivity contribution is 4.86. The summed E-state index contributed by atoms with van der Waals surface area (Å²) in [4.78, 5) is 0. The summed E-state index contributed by atoms with van der Waals surface area (Å²) in [6.07, 6.45) is 4.18. The lowest BCUT2D eigenvalue weighted by Crippen LogP contribution is -2.48. The van der Waals surface area contributed by atoms with E-state index >= 15 is 0 Å². The van der Waals surface area contributed by atoms with Gasteiger partial charge in [0.05, 0.1) is 0 Å². The van der Waals surface area contributed by atoms with Crippen LogP contribution in [-0.2, 0) is 0 Å². The van der Waals surface area contributed by atoms with Crippen LogP contribution in [0.5, 0.6) is 0 Å². The lowest BCUT2D eigenvalue weighted by Gasteiger charge is -2.39. The molecule has 0 bridgehead atoms.